The summed E-state index contributed by atoms with van der Waals surface area (Å²) in [6, 6.07) is 7.53. The van der Waals surface area contributed by atoms with Crippen molar-refractivity contribution < 1.29 is 9.32 Å². The summed E-state index contributed by atoms with van der Waals surface area (Å²) in [4.78, 5) is 14.5. The molecule has 1 aromatic carbocycles. The average Bonchev–Trinajstić information content (AvgIpc) is 2.87. The minimum Gasteiger partial charge on any atom is -0.367 e. The summed E-state index contributed by atoms with van der Waals surface area (Å²) >= 11 is 3.44. The Balaban J connectivity index is 1.68. The Morgan fingerprint density at radius 3 is 2.64 bits per heavy atom. The molecular formula is C16H18BrN3O2. The van der Waals surface area contributed by atoms with E-state index in [-0.39, 0.29) is 5.91 Å². The normalized spacial score (nSPS) is 16.0. The number of nitrogens with zero attached hydrogens (tertiary/aromatic N) is 2. The predicted molar refractivity (Wildman–Crippen MR) is 87.7 cm³/mol. The van der Waals surface area contributed by atoms with Crippen LogP contribution >= 0.6 is 15.9 Å². The monoisotopic (exact) mass is 363 g/mol. The maximum Gasteiger partial charge on any atom is 0.254 e. The van der Waals surface area contributed by atoms with E-state index in [0.717, 1.165) is 41.7 Å². The van der Waals surface area contributed by atoms with Crippen LogP contribution < -0.4 is 5.73 Å². The lowest BCUT2D eigenvalue weighted by molar-refractivity contribution is 0.0710. The summed E-state index contributed by atoms with van der Waals surface area (Å²) < 4.78 is 5.88. The molecule has 1 aliphatic heterocycles. The number of piperidine rings is 1. The first-order valence-corrected chi connectivity index (χ1v) is 8.12. The van der Waals surface area contributed by atoms with Gasteiger partial charge < -0.3 is 15.2 Å². The van der Waals surface area contributed by atoms with Gasteiger partial charge in [-0.3, -0.25) is 4.79 Å². The largest absolute Gasteiger partial charge is 0.367 e. The van der Waals surface area contributed by atoms with E-state index in [0.29, 0.717) is 17.4 Å². The molecule has 0 atom stereocenters. The second-order valence-corrected chi connectivity index (χ2v) is 6.46. The number of carbonyl (C=O) groups is 1. The number of nitrogens with two attached hydrogens (primary N) is 1. The van der Waals surface area contributed by atoms with Crippen LogP contribution in [-0.2, 0) is 0 Å². The summed E-state index contributed by atoms with van der Waals surface area (Å²) in [5.74, 6) is 0.772. The molecule has 1 fully saturated rings. The zero-order chi connectivity index (χ0) is 15.7. The van der Waals surface area contributed by atoms with Gasteiger partial charge in [0, 0.05) is 29.0 Å². The molecule has 6 heteroatoms. The summed E-state index contributed by atoms with van der Waals surface area (Å²) in [6.07, 6.45) is 1.76. The van der Waals surface area contributed by atoms with Crippen LogP contribution in [0.25, 0.3) is 0 Å². The highest BCUT2D eigenvalue weighted by atomic mass is 79.9. The molecule has 5 nitrogen and oxygen atoms in total. The molecule has 0 unspecified atom stereocenters. The van der Waals surface area contributed by atoms with Gasteiger partial charge in [-0.25, -0.2) is 0 Å². The first-order valence-electron chi connectivity index (χ1n) is 7.33. The number of benzene rings is 1. The Morgan fingerprint density at radius 2 is 2.05 bits per heavy atom. The van der Waals surface area contributed by atoms with Crippen LogP contribution in [0.5, 0.6) is 0 Å². The van der Waals surface area contributed by atoms with Gasteiger partial charge >= 0.3 is 0 Å². The van der Waals surface area contributed by atoms with E-state index >= 15 is 0 Å². The van der Waals surface area contributed by atoms with Gasteiger partial charge in [0.05, 0.1) is 11.3 Å². The molecule has 0 radical (unpaired) electrons. The molecule has 1 saturated heterocycles. The average molecular weight is 364 g/mol. The van der Waals surface area contributed by atoms with Crippen molar-refractivity contribution in [1.82, 2.24) is 10.1 Å². The van der Waals surface area contributed by atoms with Crippen LogP contribution in [0.3, 0.4) is 0 Å². The van der Waals surface area contributed by atoms with Crippen molar-refractivity contribution in [2.45, 2.75) is 25.7 Å². The highest BCUT2D eigenvalue weighted by Gasteiger charge is 2.28. The number of hydrogen-bond donors (Lipinski definition) is 1. The maximum absolute atomic E-state index is 12.6. The summed E-state index contributed by atoms with van der Waals surface area (Å²) in [6.45, 7) is 3.37. The molecule has 22 heavy (non-hydrogen) atoms. The van der Waals surface area contributed by atoms with Crippen molar-refractivity contribution in [2.24, 2.45) is 0 Å². The van der Waals surface area contributed by atoms with Gasteiger partial charge in [-0.1, -0.05) is 17.3 Å². The zero-order valence-corrected chi connectivity index (χ0v) is 14.0. The van der Waals surface area contributed by atoms with Crippen LogP contribution in [0.1, 0.15) is 40.4 Å². The lowest BCUT2D eigenvalue weighted by atomic mass is 9.91. The van der Waals surface area contributed by atoms with Gasteiger partial charge in [-0.2, -0.15) is 0 Å². The standard InChI is InChI=1S/C16H18BrN3O2/c1-10-14(19-22-15(10)18)11-6-8-20(9-7-11)16(21)12-4-2-3-5-13(12)17/h2-5,11H,6-9,18H2,1H3. The zero-order valence-electron chi connectivity index (χ0n) is 12.4. The van der Waals surface area contributed by atoms with Crippen LogP contribution in [0.4, 0.5) is 5.88 Å². The fourth-order valence-corrected chi connectivity index (χ4v) is 3.36. The third kappa shape index (κ3) is 2.75. The van der Waals surface area contributed by atoms with E-state index in [1.807, 2.05) is 36.1 Å². The van der Waals surface area contributed by atoms with Crippen LogP contribution in [0, 0.1) is 6.92 Å². The molecule has 2 heterocycles. The molecule has 0 spiro atoms. The number of amides is 1. The van der Waals surface area contributed by atoms with Gasteiger partial charge in [0.1, 0.15) is 0 Å². The second-order valence-electron chi connectivity index (χ2n) is 5.60. The first-order chi connectivity index (χ1) is 10.6. The topological polar surface area (TPSA) is 72.4 Å². The predicted octanol–water partition coefficient (Wildman–Crippen LogP) is 3.35. The van der Waals surface area contributed by atoms with Gasteiger partial charge in [0.15, 0.2) is 0 Å². The van der Waals surface area contributed by atoms with Crippen LogP contribution in [0.15, 0.2) is 33.3 Å². The fraction of sp³-hybridized carbons (Fsp3) is 0.375. The Morgan fingerprint density at radius 1 is 1.36 bits per heavy atom. The van der Waals surface area contributed by atoms with Crippen molar-refractivity contribution in [3.05, 3.63) is 45.6 Å². The van der Waals surface area contributed by atoms with Crippen molar-refractivity contribution in [3.8, 4) is 0 Å². The molecule has 1 aliphatic rings. The van der Waals surface area contributed by atoms with E-state index < -0.39 is 0 Å². The van der Waals surface area contributed by atoms with Gasteiger partial charge in [-0.05, 0) is 47.8 Å². The van der Waals surface area contributed by atoms with Gasteiger partial charge in [0.25, 0.3) is 5.91 Å². The lowest BCUT2D eigenvalue weighted by Gasteiger charge is -2.31. The van der Waals surface area contributed by atoms with Crippen molar-refractivity contribution in [1.29, 1.82) is 0 Å². The van der Waals surface area contributed by atoms with E-state index in [1.54, 1.807) is 0 Å². The molecule has 0 saturated carbocycles. The Hall–Kier alpha value is -1.82. The minimum atomic E-state index is 0.0716. The molecule has 0 bridgehead atoms. The lowest BCUT2D eigenvalue weighted by Crippen LogP contribution is -2.38. The minimum absolute atomic E-state index is 0.0716. The molecule has 1 amide bonds. The van der Waals surface area contributed by atoms with E-state index in [2.05, 4.69) is 21.1 Å². The SMILES string of the molecule is Cc1c(C2CCN(C(=O)c3ccccc3Br)CC2)noc1N. The summed E-state index contributed by atoms with van der Waals surface area (Å²) in [7, 11) is 0. The fourth-order valence-electron chi connectivity index (χ4n) is 2.90. The number of anilines is 1. The number of nitrogen functional groups attached to an aromatic ring is 1. The van der Waals surface area contributed by atoms with E-state index in [9.17, 15) is 4.79 Å². The summed E-state index contributed by atoms with van der Waals surface area (Å²) in [5.41, 5.74) is 8.29. The highest BCUT2D eigenvalue weighted by molar-refractivity contribution is 9.10. The first kappa shape index (κ1) is 15.1. The van der Waals surface area contributed by atoms with Gasteiger partial charge in [-0.15, -0.1) is 0 Å². The molecule has 2 aromatic rings. The Kier molecular flexibility index (Phi) is 4.20. The number of hydrogen-bond acceptors (Lipinski definition) is 4. The van der Waals surface area contributed by atoms with Crippen molar-refractivity contribution in [3.63, 3.8) is 0 Å². The highest BCUT2D eigenvalue weighted by Crippen LogP contribution is 2.32. The quantitative estimate of drug-likeness (QED) is 0.887. The van der Waals surface area contributed by atoms with Crippen LogP contribution in [-0.4, -0.2) is 29.1 Å². The smallest absolute Gasteiger partial charge is 0.254 e. The maximum atomic E-state index is 12.6. The molecule has 116 valence electrons. The molecule has 0 aliphatic carbocycles. The van der Waals surface area contributed by atoms with Gasteiger partial charge in [0.2, 0.25) is 5.88 Å². The Labute approximate surface area is 137 Å². The second kappa shape index (κ2) is 6.12. The number of halogens is 1. The van der Waals surface area contributed by atoms with E-state index in [4.69, 9.17) is 10.3 Å². The number of rotatable bonds is 2. The molecule has 3 rings (SSSR count). The Bertz CT molecular complexity index is 690. The number of likely N-dealkylation sites (tertiary alicyclic amines) is 1. The molecule has 1 aromatic heterocycles. The van der Waals surface area contributed by atoms with Crippen molar-refractivity contribution in [2.75, 3.05) is 18.8 Å². The summed E-state index contributed by atoms with van der Waals surface area (Å²) in [5, 5.41) is 4.07. The number of carbonyl (C=O) groups excluding carboxylic acids is 1. The molecular weight excluding hydrogens is 346 g/mol. The molecule has 2 N–H and O–H groups in total. The number of aromatic nitrogens is 1. The third-order valence-corrected chi connectivity index (χ3v) is 4.96. The third-order valence-electron chi connectivity index (χ3n) is 4.27. The van der Waals surface area contributed by atoms with Crippen molar-refractivity contribution >= 4 is 27.7 Å². The van der Waals surface area contributed by atoms with Crippen LogP contribution in [0.2, 0.25) is 0 Å². The van der Waals surface area contributed by atoms with E-state index in [1.165, 1.54) is 0 Å².